The number of nitrogens with one attached hydrogen (secondary N) is 3. The molecule has 3 rings (SSSR count). The largest absolute Gasteiger partial charge is 0.381 e. The second-order valence-corrected chi connectivity index (χ2v) is 5.48. The van der Waals surface area contributed by atoms with E-state index in [2.05, 4.69) is 44.4 Å². The molecule has 2 aromatic rings. The van der Waals surface area contributed by atoms with Gasteiger partial charge in [-0.25, -0.2) is 4.98 Å². The van der Waals surface area contributed by atoms with Crippen LogP contribution in [0, 0.1) is 5.92 Å². The second-order valence-electron chi connectivity index (χ2n) is 5.48. The van der Waals surface area contributed by atoms with Crippen LogP contribution in [0.5, 0.6) is 0 Å². The molecule has 3 N–H and O–H groups in total. The lowest BCUT2D eigenvalue weighted by atomic mass is 10.0. The average molecular weight is 290 g/mol. The molecule has 2 unspecified atom stereocenters. The number of anilines is 2. The summed E-state index contributed by atoms with van der Waals surface area (Å²) < 4.78 is 5.46. The molecule has 7 heteroatoms. The quantitative estimate of drug-likeness (QED) is 0.754. The third-order valence-electron chi connectivity index (χ3n) is 3.86. The molecule has 0 radical (unpaired) electrons. The molecule has 0 aliphatic carbocycles. The molecule has 2 atom stereocenters. The molecule has 0 amide bonds. The van der Waals surface area contributed by atoms with E-state index in [1.807, 2.05) is 0 Å². The number of imidazole rings is 1. The Kier molecular flexibility index (Phi) is 4.19. The number of fused-ring (bicyclic) bond motifs is 1. The van der Waals surface area contributed by atoms with Gasteiger partial charge in [0.05, 0.1) is 12.9 Å². The Labute approximate surface area is 123 Å². The highest BCUT2D eigenvalue weighted by Gasteiger charge is 2.23. The van der Waals surface area contributed by atoms with Crippen LogP contribution in [0.25, 0.3) is 11.2 Å². The highest BCUT2D eigenvalue weighted by molar-refractivity contribution is 5.83. The summed E-state index contributed by atoms with van der Waals surface area (Å²) in [5.41, 5.74) is 1.53. The number of rotatable bonds is 6. The van der Waals surface area contributed by atoms with Crippen molar-refractivity contribution in [2.24, 2.45) is 5.92 Å². The van der Waals surface area contributed by atoms with Crippen LogP contribution >= 0.6 is 0 Å². The maximum Gasteiger partial charge on any atom is 0.226 e. The molecule has 0 saturated carbocycles. The summed E-state index contributed by atoms with van der Waals surface area (Å²) in [4.78, 5) is 16.3. The molecule has 1 fully saturated rings. The topological polar surface area (TPSA) is 87.8 Å². The van der Waals surface area contributed by atoms with Crippen molar-refractivity contribution in [1.29, 1.82) is 0 Å². The van der Waals surface area contributed by atoms with Gasteiger partial charge in [0, 0.05) is 25.1 Å². The Bertz CT molecular complexity index is 592. The van der Waals surface area contributed by atoms with E-state index < -0.39 is 0 Å². The fraction of sp³-hybridized carbons (Fsp3) is 0.643. The molecular weight excluding hydrogens is 268 g/mol. The van der Waals surface area contributed by atoms with Gasteiger partial charge >= 0.3 is 0 Å². The lowest BCUT2D eigenvalue weighted by molar-refractivity contribution is 0.183. The minimum atomic E-state index is 0.299. The van der Waals surface area contributed by atoms with E-state index in [0.29, 0.717) is 23.6 Å². The molecule has 1 aliphatic heterocycles. The standard InChI is InChI=1S/C14H22N6O/c1-3-5-15-14-19-12-11(16-8-17-12)13(20-14)18-9(2)10-4-6-21-7-10/h8-10H,3-7H2,1-2H3,(H3,15,16,17,18,19,20). The van der Waals surface area contributed by atoms with Gasteiger partial charge in [-0.15, -0.1) is 0 Å². The van der Waals surface area contributed by atoms with Gasteiger partial charge in [0.2, 0.25) is 5.95 Å². The Balaban J connectivity index is 1.83. The first-order chi connectivity index (χ1) is 10.3. The molecule has 21 heavy (non-hydrogen) atoms. The first-order valence-corrected chi connectivity index (χ1v) is 7.57. The van der Waals surface area contributed by atoms with Crippen molar-refractivity contribution in [2.75, 3.05) is 30.4 Å². The molecule has 0 spiro atoms. The SMILES string of the molecule is CCCNc1nc(NC(C)C2CCOC2)c2[nH]cnc2n1. The Morgan fingerprint density at radius 3 is 3.14 bits per heavy atom. The van der Waals surface area contributed by atoms with Gasteiger partial charge < -0.3 is 20.4 Å². The Morgan fingerprint density at radius 1 is 1.48 bits per heavy atom. The fourth-order valence-corrected chi connectivity index (χ4v) is 2.53. The van der Waals surface area contributed by atoms with Crippen LogP contribution in [0.2, 0.25) is 0 Å². The van der Waals surface area contributed by atoms with E-state index in [9.17, 15) is 0 Å². The van der Waals surface area contributed by atoms with E-state index in [1.54, 1.807) is 6.33 Å². The van der Waals surface area contributed by atoms with Crippen molar-refractivity contribution < 1.29 is 4.74 Å². The first kappa shape index (κ1) is 14.1. The maximum absolute atomic E-state index is 5.46. The van der Waals surface area contributed by atoms with Crippen LogP contribution in [-0.2, 0) is 4.74 Å². The van der Waals surface area contributed by atoms with Crippen molar-refractivity contribution in [3.8, 4) is 0 Å². The van der Waals surface area contributed by atoms with Crippen molar-refractivity contribution >= 4 is 22.9 Å². The fourth-order valence-electron chi connectivity index (χ4n) is 2.53. The van der Waals surface area contributed by atoms with Gasteiger partial charge in [0.15, 0.2) is 11.5 Å². The monoisotopic (exact) mass is 290 g/mol. The highest BCUT2D eigenvalue weighted by Crippen LogP contribution is 2.23. The molecule has 1 saturated heterocycles. The van der Waals surface area contributed by atoms with Gasteiger partial charge in [-0.05, 0) is 19.8 Å². The zero-order valence-electron chi connectivity index (χ0n) is 12.5. The number of hydrogen-bond acceptors (Lipinski definition) is 6. The number of nitrogens with zero attached hydrogens (tertiary/aromatic N) is 3. The van der Waals surface area contributed by atoms with Crippen molar-refractivity contribution in [3.63, 3.8) is 0 Å². The Hall–Kier alpha value is -1.89. The van der Waals surface area contributed by atoms with E-state index in [0.717, 1.165) is 43.9 Å². The summed E-state index contributed by atoms with van der Waals surface area (Å²) >= 11 is 0. The molecule has 0 bridgehead atoms. The van der Waals surface area contributed by atoms with Crippen molar-refractivity contribution in [3.05, 3.63) is 6.33 Å². The summed E-state index contributed by atoms with van der Waals surface area (Å²) in [7, 11) is 0. The average Bonchev–Trinajstić information content (AvgIpc) is 3.15. The molecule has 7 nitrogen and oxygen atoms in total. The zero-order chi connectivity index (χ0) is 14.7. The normalized spacial score (nSPS) is 19.8. The number of ether oxygens (including phenoxy) is 1. The van der Waals surface area contributed by atoms with Crippen LogP contribution in [0.15, 0.2) is 6.33 Å². The predicted octanol–water partition coefficient (Wildman–Crippen LogP) is 2.01. The molecular formula is C14H22N6O. The molecule has 0 aromatic carbocycles. The second kappa shape index (κ2) is 6.26. The summed E-state index contributed by atoms with van der Waals surface area (Å²) in [5.74, 6) is 1.94. The van der Waals surface area contributed by atoms with E-state index in [-0.39, 0.29) is 0 Å². The summed E-state index contributed by atoms with van der Waals surface area (Å²) in [6, 6.07) is 0.299. The van der Waals surface area contributed by atoms with Gasteiger partial charge in [-0.3, -0.25) is 0 Å². The summed E-state index contributed by atoms with van der Waals surface area (Å²) in [6.45, 7) is 6.79. The van der Waals surface area contributed by atoms with E-state index in [4.69, 9.17) is 4.74 Å². The maximum atomic E-state index is 5.46. The molecule has 3 heterocycles. The molecule has 1 aliphatic rings. The number of aromatic amines is 1. The van der Waals surface area contributed by atoms with Crippen LogP contribution in [0.3, 0.4) is 0 Å². The molecule has 2 aromatic heterocycles. The predicted molar refractivity (Wildman–Crippen MR) is 82.5 cm³/mol. The van der Waals surface area contributed by atoms with Crippen LogP contribution in [0.1, 0.15) is 26.7 Å². The molecule has 114 valence electrons. The van der Waals surface area contributed by atoms with Gasteiger partial charge in [-0.2, -0.15) is 9.97 Å². The van der Waals surface area contributed by atoms with Crippen LogP contribution in [-0.4, -0.2) is 45.7 Å². The minimum Gasteiger partial charge on any atom is -0.381 e. The highest BCUT2D eigenvalue weighted by atomic mass is 16.5. The lowest BCUT2D eigenvalue weighted by Gasteiger charge is -2.20. The summed E-state index contributed by atoms with van der Waals surface area (Å²) in [6.07, 6.45) is 3.77. The van der Waals surface area contributed by atoms with Crippen molar-refractivity contribution in [1.82, 2.24) is 19.9 Å². The van der Waals surface area contributed by atoms with Gasteiger partial charge in [0.25, 0.3) is 0 Å². The number of aromatic nitrogens is 4. The van der Waals surface area contributed by atoms with E-state index >= 15 is 0 Å². The van der Waals surface area contributed by atoms with Gasteiger partial charge in [0.1, 0.15) is 5.52 Å². The lowest BCUT2D eigenvalue weighted by Crippen LogP contribution is -2.27. The number of H-pyrrole nitrogens is 1. The Morgan fingerprint density at radius 2 is 2.38 bits per heavy atom. The number of hydrogen-bond donors (Lipinski definition) is 3. The van der Waals surface area contributed by atoms with Crippen LogP contribution < -0.4 is 10.6 Å². The minimum absolute atomic E-state index is 0.299. The third kappa shape index (κ3) is 3.07. The van der Waals surface area contributed by atoms with Gasteiger partial charge in [-0.1, -0.05) is 6.92 Å². The smallest absolute Gasteiger partial charge is 0.226 e. The first-order valence-electron chi connectivity index (χ1n) is 7.57. The summed E-state index contributed by atoms with van der Waals surface area (Å²) in [5, 5.41) is 6.71. The zero-order valence-corrected chi connectivity index (χ0v) is 12.5. The third-order valence-corrected chi connectivity index (χ3v) is 3.86. The van der Waals surface area contributed by atoms with Crippen LogP contribution in [0.4, 0.5) is 11.8 Å². The van der Waals surface area contributed by atoms with E-state index in [1.165, 1.54) is 0 Å². The van der Waals surface area contributed by atoms with Crippen molar-refractivity contribution in [2.45, 2.75) is 32.7 Å².